The maximum atomic E-state index is 12.5. The van der Waals surface area contributed by atoms with Crippen molar-refractivity contribution in [1.82, 2.24) is 4.90 Å². The van der Waals surface area contributed by atoms with Crippen LogP contribution in [0.25, 0.3) is 0 Å². The van der Waals surface area contributed by atoms with Gasteiger partial charge in [0.2, 0.25) is 5.91 Å². The van der Waals surface area contributed by atoms with Crippen LogP contribution in [0.1, 0.15) is 32.6 Å². The number of carbonyl (C=O) groups excluding carboxylic acids is 1. The third-order valence-electron chi connectivity index (χ3n) is 4.10. The largest absolute Gasteiger partial charge is 0.481 e. The van der Waals surface area contributed by atoms with Crippen molar-refractivity contribution in [1.29, 1.82) is 0 Å². The molecule has 1 saturated carbocycles. The van der Waals surface area contributed by atoms with Gasteiger partial charge in [-0.25, -0.2) is 0 Å². The Balaban J connectivity index is 2.03. The first-order chi connectivity index (χ1) is 8.59. The maximum absolute atomic E-state index is 12.5. The van der Waals surface area contributed by atoms with Gasteiger partial charge in [0.25, 0.3) is 0 Å². The van der Waals surface area contributed by atoms with Crippen LogP contribution in [-0.2, 0) is 9.59 Å². The minimum absolute atomic E-state index is 0.0832. The Hall–Kier alpha value is -0.710. The molecule has 1 N–H and O–H groups in total. The van der Waals surface area contributed by atoms with Crippen LogP contribution in [-0.4, -0.2) is 46.0 Å². The Morgan fingerprint density at radius 1 is 1.39 bits per heavy atom. The molecule has 0 bridgehead atoms. The molecule has 1 heterocycles. The van der Waals surface area contributed by atoms with Gasteiger partial charge >= 0.3 is 5.97 Å². The van der Waals surface area contributed by atoms with E-state index in [9.17, 15) is 9.59 Å². The molecular formula is C13H21NO3S. The van der Waals surface area contributed by atoms with Crippen molar-refractivity contribution in [3.05, 3.63) is 0 Å². The third-order valence-corrected chi connectivity index (χ3v) is 5.19. The van der Waals surface area contributed by atoms with Crippen molar-refractivity contribution in [3.63, 3.8) is 0 Å². The van der Waals surface area contributed by atoms with Crippen LogP contribution in [0.2, 0.25) is 0 Å². The highest BCUT2D eigenvalue weighted by atomic mass is 32.2. The zero-order chi connectivity index (χ0) is 13.1. The van der Waals surface area contributed by atoms with E-state index in [1.165, 1.54) is 0 Å². The topological polar surface area (TPSA) is 57.6 Å². The van der Waals surface area contributed by atoms with Crippen LogP contribution < -0.4 is 0 Å². The number of rotatable bonds is 3. The number of aliphatic carboxylic acids is 1. The Kier molecular flexibility index (Phi) is 4.54. The molecule has 2 fully saturated rings. The maximum Gasteiger partial charge on any atom is 0.305 e. The lowest BCUT2D eigenvalue weighted by Crippen LogP contribution is -2.49. The summed E-state index contributed by atoms with van der Waals surface area (Å²) in [7, 11) is 0. The summed E-state index contributed by atoms with van der Waals surface area (Å²) in [6.07, 6.45) is 3.32. The summed E-state index contributed by atoms with van der Waals surface area (Å²) in [5.74, 6) is 1.68. The standard InChI is InChI=1S/C13H21NO3S/c1-9-3-2-4-11(9)13(17)14-5-6-18-8-10(14)7-12(15)16/h9-11H,2-8H2,1H3,(H,15,16). The summed E-state index contributed by atoms with van der Waals surface area (Å²) in [6, 6.07) is -0.110. The normalized spacial score (nSPS) is 32.5. The number of carboxylic acid groups (broad SMARTS) is 1. The van der Waals surface area contributed by atoms with Crippen LogP contribution >= 0.6 is 11.8 Å². The first-order valence-corrected chi connectivity index (χ1v) is 7.85. The highest BCUT2D eigenvalue weighted by Crippen LogP contribution is 2.34. The first-order valence-electron chi connectivity index (χ1n) is 6.69. The number of hydrogen-bond acceptors (Lipinski definition) is 3. The smallest absolute Gasteiger partial charge is 0.305 e. The summed E-state index contributed by atoms with van der Waals surface area (Å²) in [5, 5.41) is 8.94. The molecule has 1 aliphatic heterocycles. The molecule has 0 aromatic carbocycles. The molecule has 1 saturated heterocycles. The molecule has 0 aromatic rings. The van der Waals surface area contributed by atoms with E-state index >= 15 is 0 Å². The minimum atomic E-state index is -0.806. The van der Waals surface area contributed by atoms with E-state index < -0.39 is 5.97 Å². The summed E-state index contributed by atoms with van der Waals surface area (Å²) >= 11 is 1.75. The van der Waals surface area contributed by atoms with Crippen molar-refractivity contribution in [2.75, 3.05) is 18.1 Å². The lowest BCUT2D eigenvalue weighted by Gasteiger charge is -2.37. The highest BCUT2D eigenvalue weighted by molar-refractivity contribution is 7.99. The molecular weight excluding hydrogens is 250 g/mol. The van der Waals surface area contributed by atoms with Gasteiger partial charge < -0.3 is 10.0 Å². The molecule has 18 heavy (non-hydrogen) atoms. The second-order valence-electron chi connectivity index (χ2n) is 5.37. The molecule has 1 aliphatic carbocycles. The van der Waals surface area contributed by atoms with E-state index in [-0.39, 0.29) is 24.3 Å². The number of thioether (sulfide) groups is 1. The molecule has 3 atom stereocenters. The third kappa shape index (κ3) is 2.99. The molecule has 4 nitrogen and oxygen atoms in total. The fourth-order valence-electron chi connectivity index (χ4n) is 3.04. The molecule has 2 aliphatic rings. The monoisotopic (exact) mass is 271 g/mol. The van der Waals surface area contributed by atoms with E-state index in [0.29, 0.717) is 12.5 Å². The van der Waals surface area contributed by atoms with Gasteiger partial charge in [0, 0.05) is 24.0 Å². The Morgan fingerprint density at radius 3 is 2.78 bits per heavy atom. The summed E-state index contributed by atoms with van der Waals surface area (Å²) in [4.78, 5) is 25.2. The van der Waals surface area contributed by atoms with Crippen molar-refractivity contribution >= 4 is 23.6 Å². The van der Waals surface area contributed by atoms with Gasteiger partial charge in [0.1, 0.15) is 0 Å². The van der Waals surface area contributed by atoms with E-state index in [1.807, 2.05) is 4.90 Å². The fraction of sp³-hybridized carbons (Fsp3) is 0.846. The van der Waals surface area contributed by atoms with E-state index in [2.05, 4.69) is 6.92 Å². The van der Waals surface area contributed by atoms with Crippen molar-refractivity contribution < 1.29 is 14.7 Å². The number of carboxylic acids is 1. The molecule has 102 valence electrons. The zero-order valence-electron chi connectivity index (χ0n) is 10.8. The van der Waals surface area contributed by atoms with Crippen LogP contribution in [0.15, 0.2) is 0 Å². The van der Waals surface area contributed by atoms with Gasteiger partial charge in [-0.1, -0.05) is 13.3 Å². The van der Waals surface area contributed by atoms with Crippen LogP contribution in [0.3, 0.4) is 0 Å². The van der Waals surface area contributed by atoms with Gasteiger partial charge in [-0.05, 0) is 18.8 Å². The average Bonchev–Trinajstić information content (AvgIpc) is 2.74. The number of amides is 1. The summed E-state index contributed by atoms with van der Waals surface area (Å²) in [5.41, 5.74) is 0. The molecule has 1 amide bonds. The quantitative estimate of drug-likeness (QED) is 0.851. The SMILES string of the molecule is CC1CCCC1C(=O)N1CCSCC1CC(=O)O. The zero-order valence-corrected chi connectivity index (χ0v) is 11.6. The lowest BCUT2D eigenvalue weighted by atomic mass is 9.95. The van der Waals surface area contributed by atoms with Crippen LogP contribution in [0.5, 0.6) is 0 Å². The number of carbonyl (C=O) groups is 2. The predicted molar refractivity (Wildman–Crippen MR) is 71.6 cm³/mol. The highest BCUT2D eigenvalue weighted by Gasteiger charge is 2.37. The van der Waals surface area contributed by atoms with E-state index in [1.54, 1.807) is 11.8 Å². The predicted octanol–water partition coefficient (Wildman–Crippen LogP) is 1.84. The molecule has 0 aromatic heterocycles. The van der Waals surface area contributed by atoms with Crippen LogP contribution in [0, 0.1) is 11.8 Å². The van der Waals surface area contributed by atoms with Crippen molar-refractivity contribution in [2.45, 2.75) is 38.6 Å². The number of hydrogen-bond donors (Lipinski definition) is 1. The Morgan fingerprint density at radius 2 is 2.17 bits per heavy atom. The number of nitrogens with zero attached hydrogens (tertiary/aromatic N) is 1. The van der Waals surface area contributed by atoms with E-state index in [0.717, 1.165) is 30.8 Å². The molecule has 5 heteroatoms. The van der Waals surface area contributed by atoms with Crippen molar-refractivity contribution in [2.24, 2.45) is 11.8 Å². The molecule has 0 radical (unpaired) electrons. The van der Waals surface area contributed by atoms with Gasteiger partial charge in [-0.2, -0.15) is 11.8 Å². The average molecular weight is 271 g/mol. The summed E-state index contributed by atoms with van der Waals surface area (Å²) < 4.78 is 0. The van der Waals surface area contributed by atoms with Crippen molar-refractivity contribution in [3.8, 4) is 0 Å². The molecule has 2 rings (SSSR count). The Bertz CT molecular complexity index is 334. The van der Waals surface area contributed by atoms with Gasteiger partial charge in [0.05, 0.1) is 12.5 Å². The fourth-order valence-corrected chi connectivity index (χ4v) is 4.10. The van der Waals surface area contributed by atoms with Gasteiger partial charge in [0.15, 0.2) is 0 Å². The Labute approximate surface area is 112 Å². The second-order valence-corrected chi connectivity index (χ2v) is 6.52. The lowest BCUT2D eigenvalue weighted by molar-refractivity contribution is -0.142. The molecule has 3 unspecified atom stereocenters. The minimum Gasteiger partial charge on any atom is -0.481 e. The summed E-state index contributed by atoms with van der Waals surface area (Å²) in [6.45, 7) is 2.85. The van der Waals surface area contributed by atoms with E-state index in [4.69, 9.17) is 5.11 Å². The second kappa shape index (κ2) is 5.95. The van der Waals surface area contributed by atoms with Gasteiger partial charge in [-0.3, -0.25) is 9.59 Å². The van der Waals surface area contributed by atoms with Gasteiger partial charge in [-0.15, -0.1) is 0 Å². The first kappa shape index (κ1) is 13.7. The van der Waals surface area contributed by atoms with Crippen LogP contribution in [0.4, 0.5) is 0 Å². The molecule has 0 spiro atoms.